The summed E-state index contributed by atoms with van der Waals surface area (Å²) in [4.78, 5) is 20.5. The van der Waals surface area contributed by atoms with Crippen LogP contribution in [0.25, 0.3) is 0 Å². The Kier molecular flexibility index (Phi) is 10.4. The number of benzene rings is 1. The van der Waals surface area contributed by atoms with Crippen LogP contribution in [0, 0.1) is 0 Å². The van der Waals surface area contributed by atoms with Crippen LogP contribution in [-0.2, 0) is 0 Å². The molecule has 0 unspecified atom stereocenters. The number of hydrogen-bond acceptors (Lipinski definition) is 6. The molecule has 0 saturated carbocycles. The maximum absolute atomic E-state index is 10.3. The van der Waals surface area contributed by atoms with E-state index in [0.717, 1.165) is 18.1 Å². The maximum Gasteiger partial charge on any atom is 2.00 e. The molecule has 0 aromatic heterocycles. The normalized spacial score (nSPS) is 8.12. The van der Waals surface area contributed by atoms with Gasteiger partial charge in [0.15, 0.2) is 0 Å². The molecule has 0 aliphatic carbocycles. The number of carboxylic acid groups (broad SMARTS) is 2. The Hall–Kier alpha value is -0.764. The summed E-state index contributed by atoms with van der Waals surface area (Å²) in [5.41, 5.74) is -0.339. The van der Waals surface area contributed by atoms with Crippen LogP contribution in [0.3, 0.4) is 0 Å². The summed E-state index contributed by atoms with van der Waals surface area (Å²) in [7, 11) is 0. The van der Waals surface area contributed by atoms with Gasteiger partial charge in [-0.1, -0.05) is 18.2 Å². The monoisotopic (exact) mass is 252 g/mol. The fourth-order valence-corrected chi connectivity index (χ4v) is 0.773. The molecule has 0 bridgehead atoms. The fraction of sp³-hybridized carbons (Fsp3) is 0.111. The number of carboxylic acids is 2. The molecule has 1 rings (SSSR count). The van der Waals surface area contributed by atoms with Crippen LogP contribution in [0.15, 0.2) is 24.3 Å². The molecule has 16 heavy (non-hydrogen) atoms. The molecule has 0 saturated heterocycles. The summed E-state index contributed by atoms with van der Waals surface area (Å²) in [6, 6.07) is 4.81. The molecule has 0 amide bonds. The Bertz CT molecular complexity index is 326. The molecule has 7 heteroatoms. The van der Waals surface area contributed by atoms with E-state index in [0.29, 0.717) is 0 Å². The first-order chi connectivity index (χ1) is 7.02. The predicted octanol–water partition coefficient (Wildman–Crippen LogP) is -1.14. The van der Waals surface area contributed by atoms with Crippen molar-refractivity contribution in [3.63, 3.8) is 0 Å². The van der Waals surface area contributed by atoms with E-state index in [4.69, 9.17) is 4.55 Å². The largest absolute Gasteiger partial charge is 2.00 e. The van der Waals surface area contributed by atoms with Crippen LogP contribution < -0.4 is 10.2 Å². The smallest absolute Gasteiger partial charge is 0.545 e. The molecule has 5 nitrogen and oxygen atoms in total. The molecule has 0 radical (unpaired) electrons. The van der Waals surface area contributed by atoms with Gasteiger partial charge >= 0.3 is 23.1 Å². The van der Waals surface area contributed by atoms with E-state index < -0.39 is 11.9 Å². The van der Waals surface area contributed by atoms with E-state index in [9.17, 15) is 19.8 Å². The van der Waals surface area contributed by atoms with Gasteiger partial charge in [0.25, 0.3) is 0 Å². The number of carbonyl (C=O) groups excluding carboxylic acids is 2. The van der Waals surface area contributed by atoms with Crippen LogP contribution in [0.1, 0.15) is 20.7 Å². The second-order valence-corrected chi connectivity index (χ2v) is 2.70. The zero-order chi connectivity index (χ0) is 11.8. The zero-order valence-corrected chi connectivity index (χ0v) is 10.7. The van der Waals surface area contributed by atoms with Gasteiger partial charge in [0, 0.05) is 6.26 Å². The average molecular weight is 253 g/mol. The van der Waals surface area contributed by atoms with Gasteiger partial charge in [-0.3, -0.25) is 0 Å². The Balaban J connectivity index is 0. The van der Waals surface area contributed by atoms with E-state index in [1.165, 1.54) is 18.2 Å². The molecule has 0 aliphatic rings. The summed E-state index contributed by atoms with van der Waals surface area (Å²) in [5.74, 6) is -2.81. The van der Waals surface area contributed by atoms with E-state index >= 15 is 0 Å². The van der Waals surface area contributed by atoms with Crippen molar-refractivity contribution >= 4 is 47.0 Å². The summed E-state index contributed by atoms with van der Waals surface area (Å²) in [6.07, 6.45) is 1.60. The van der Waals surface area contributed by atoms with E-state index in [1.54, 1.807) is 6.26 Å². The van der Waals surface area contributed by atoms with Crippen molar-refractivity contribution < 1.29 is 24.4 Å². The van der Waals surface area contributed by atoms with E-state index in [2.05, 4.69) is 0 Å². The third-order valence-electron chi connectivity index (χ3n) is 1.33. The van der Waals surface area contributed by atoms with Gasteiger partial charge in [0.1, 0.15) is 0 Å². The number of carbonyl (C=O) groups is 2. The zero-order valence-electron chi connectivity index (χ0n) is 8.50. The Morgan fingerprint density at radius 1 is 1.19 bits per heavy atom. The van der Waals surface area contributed by atoms with Crippen molar-refractivity contribution in [2.24, 2.45) is 0 Å². The number of rotatable bonds is 2. The first kappa shape index (κ1) is 17.6. The minimum atomic E-state index is -1.40. The first-order valence-corrected chi connectivity index (χ1v) is 4.91. The summed E-state index contributed by atoms with van der Waals surface area (Å²) < 4.78 is 7.49. The number of hydrogen-bond donors (Lipinski definition) is 1. The van der Waals surface area contributed by atoms with Gasteiger partial charge in [-0.25, -0.2) is 0 Å². The van der Waals surface area contributed by atoms with Gasteiger partial charge in [0.2, 0.25) is 0 Å². The van der Waals surface area contributed by atoms with Crippen LogP contribution in [-0.4, -0.2) is 45.8 Å². The summed E-state index contributed by atoms with van der Waals surface area (Å²) in [6.45, 7) is 0. The van der Waals surface area contributed by atoms with E-state index in [1.807, 2.05) is 0 Å². The van der Waals surface area contributed by atoms with E-state index in [-0.39, 0.29) is 34.2 Å². The van der Waals surface area contributed by atoms with Crippen LogP contribution >= 0.6 is 12.0 Å². The predicted molar refractivity (Wildman–Crippen MR) is 57.0 cm³/mol. The Morgan fingerprint density at radius 3 is 1.75 bits per heavy atom. The molecule has 1 aromatic carbocycles. The van der Waals surface area contributed by atoms with Crippen LogP contribution in [0.5, 0.6) is 0 Å². The van der Waals surface area contributed by atoms with Crippen LogP contribution in [0.2, 0.25) is 0 Å². The standard InChI is InChI=1S/C8H6O4.CH4OS.Mg/c9-7(10)5-2-1-3-6(4-5)8(11)12;1-3-2;/h1-4H,(H,9,10)(H,11,12);2H,1H3;/q;;+2/p-2. The van der Waals surface area contributed by atoms with Gasteiger partial charge in [-0.15, -0.1) is 0 Å². The minimum absolute atomic E-state index is 0. The summed E-state index contributed by atoms with van der Waals surface area (Å²) in [5, 5.41) is 20.5. The van der Waals surface area contributed by atoms with Crippen molar-refractivity contribution in [1.29, 1.82) is 0 Å². The van der Waals surface area contributed by atoms with Gasteiger partial charge in [0.05, 0.1) is 11.9 Å². The Labute approximate surface area is 113 Å². The van der Waals surface area contributed by atoms with Crippen molar-refractivity contribution in [2.45, 2.75) is 0 Å². The van der Waals surface area contributed by atoms with Crippen molar-refractivity contribution in [1.82, 2.24) is 0 Å². The summed E-state index contributed by atoms with van der Waals surface area (Å²) >= 11 is 0.750. The quantitative estimate of drug-likeness (QED) is 0.527. The molecule has 0 aliphatic heterocycles. The van der Waals surface area contributed by atoms with Gasteiger partial charge in [-0.05, 0) is 29.2 Å². The molecule has 0 atom stereocenters. The van der Waals surface area contributed by atoms with Crippen molar-refractivity contribution in [2.75, 3.05) is 6.26 Å². The average Bonchev–Trinajstić information content (AvgIpc) is 2.19. The molecule has 1 aromatic rings. The van der Waals surface area contributed by atoms with Crippen LogP contribution in [0.4, 0.5) is 0 Å². The molecule has 1 N–H and O–H groups in total. The maximum atomic E-state index is 10.3. The molecule has 0 fully saturated rings. The second kappa shape index (κ2) is 9.46. The van der Waals surface area contributed by atoms with Gasteiger partial charge < -0.3 is 24.4 Å². The Morgan fingerprint density at radius 2 is 1.50 bits per heavy atom. The first-order valence-electron chi connectivity index (χ1n) is 3.73. The SMILES string of the molecule is CSO.O=C([O-])c1cccc(C(=O)[O-])c1.[Mg+2]. The molecular weight excluding hydrogens is 244 g/mol. The third kappa shape index (κ3) is 6.67. The third-order valence-corrected chi connectivity index (χ3v) is 1.33. The van der Waals surface area contributed by atoms with Crippen molar-refractivity contribution in [3.05, 3.63) is 35.4 Å². The molecule has 0 heterocycles. The molecule has 82 valence electrons. The second-order valence-electron chi connectivity index (χ2n) is 2.34. The molecular formula is C9H8MgO5S. The van der Waals surface area contributed by atoms with Gasteiger partial charge in [-0.2, -0.15) is 0 Å². The minimum Gasteiger partial charge on any atom is -0.545 e. The fourth-order valence-electron chi connectivity index (χ4n) is 0.773. The molecule has 0 spiro atoms. The number of aromatic carboxylic acids is 2. The topological polar surface area (TPSA) is 100 Å². The van der Waals surface area contributed by atoms with Crippen molar-refractivity contribution in [3.8, 4) is 0 Å².